The van der Waals surface area contributed by atoms with Crippen LogP contribution in [0.4, 0.5) is 4.39 Å². The van der Waals surface area contributed by atoms with Crippen molar-refractivity contribution < 1.29 is 28.6 Å². The average molecular weight is 555 g/mol. The first-order valence-electron chi connectivity index (χ1n) is 14.2. The Morgan fingerprint density at radius 1 is 1.12 bits per heavy atom. The Hall–Kier alpha value is -3.53. The van der Waals surface area contributed by atoms with Gasteiger partial charge >= 0.3 is 5.97 Å². The van der Waals surface area contributed by atoms with Gasteiger partial charge in [0.1, 0.15) is 19.0 Å². The Balaban J connectivity index is 1.38. The van der Waals surface area contributed by atoms with E-state index in [1.54, 1.807) is 29.4 Å². The van der Waals surface area contributed by atoms with Gasteiger partial charge < -0.3 is 25.4 Å². The van der Waals surface area contributed by atoms with Gasteiger partial charge in [-0.15, -0.1) is 0 Å². The summed E-state index contributed by atoms with van der Waals surface area (Å²) < 4.78 is 17.7. The summed E-state index contributed by atoms with van der Waals surface area (Å²) in [6, 6.07) is 8.15. The molecule has 0 spiro atoms. The number of carboxylic acid groups (broad SMARTS) is 1. The van der Waals surface area contributed by atoms with Gasteiger partial charge in [-0.2, -0.15) is 0 Å². The quantitative estimate of drug-likeness (QED) is 0.365. The van der Waals surface area contributed by atoms with E-state index in [0.717, 1.165) is 49.9 Å². The standard InChI is InChI=1S/C30H39FN4O5/c31-11-15-40-26-6-4-22(5-7-26)24-16-25(19-33-18-24)27(17-29(37)38)34-30(39)23-2-1-14-35(20-23)28(36)8-3-21-9-12-32-13-10-21/h4-7,16,18-19,21,23,27,32H,1-3,8-15,17,20H2,(H,34,39)(H,37,38). The van der Waals surface area contributed by atoms with E-state index in [1.165, 1.54) is 0 Å². The maximum Gasteiger partial charge on any atom is 0.305 e. The van der Waals surface area contributed by atoms with Gasteiger partial charge in [0.05, 0.1) is 18.4 Å². The van der Waals surface area contributed by atoms with Gasteiger partial charge in [-0.1, -0.05) is 12.1 Å². The van der Waals surface area contributed by atoms with Gasteiger partial charge in [0.2, 0.25) is 11.8 Å². The van der Waals surface area contributed by atoms with Crippen molar-refractivity contribution in [3.8, 4) is 16.9 Å². The van der Waals surface area contributed by atoms with Crippen molar-refractivity contribution in [2.75, 3.05) is 39.5 Å². The van der Waals surface area contributed by atoms with Crippen LogP contribution >= 0.6 is 0 Å². The van der Waals surface area contributed by atoms with Crippen LogP contribution in [0.15, 0.2) is 42.7 Å². The lowest BCUT2D eigenvalue weighted by atomic mass is 9.92. The number of halogens is 1. The molecule has 1 aromatic heterocycles. The molecule has 4 rings (SSSR count). The number of aromatic nitrogens is 1. The number of ether oxygens (including phenoxy) is 1. The molecule has 0 aliphatic carbocycles. The fraction of sp³-hybridized carbons (Fsp3) is 0.533. The second-order valence-electron chi connectivity index (χ2n) is 10.6. The Kier molecular flexibility index (Phi) is 10.9. The minimum Gasteiger partial charge on any atom is -0.491 e. The van der Waals surface area contributed by atoms with E-state index >= 15 is 0 Å². The molecule has 2 amide bonds. The molecule has 2 aliphatic rings. The average Bonchev–Trinajstić information content (AvgIpc) is 2.99. The van der Waals surface area contributed by atoms with Crippen molar-refractivity contribution in [2.24, 2.45) is 11.8 Å². The van der Waals surface area contributed by atoms with Crippen LogP contribution in [0, 0.1) is 11.8 Å². The third-order valence-corrected chi connectivity index (χ3v) is 7.76. The molecule has 9 nitrogen and oxygen atoms in total. The Morgan fingerprint density at radius 2 is 1.90 bits per heavy atom. The van der Waals surface area contributed by atoms with E-state index in [0.29, 0.717) is 43.2 Å². The number of likely N-dealkylation sites (tertiary alicyclic amines) is 1. The normalized spacial score (nSPS) is 18.6. The minimum absolute atomic E-state index is 0.0156. The van der Waals surface area contributed by atoms with Crippen LogP contribution in [0.1, 0.15) is 56.6 Å². The molecule has 3 heterocycles. The fourth-order valence-corrected chi connectivity index (χ4v) is 5.50. The number of carboxylic acids is 1. The first-order chi connectivity index (χ1) is 19.4. The molecule has 0 saturated carbocycles. The molecular weight excluding hydrogens is 515 g/mol. The molecule has 0 radical (unpaired) electrons. The predicted molar refractivity (Wildman–Crippen MR) is 148 cm³/mol. The summed E-state index contributed by atoms with van der Waals surface area (Å²) in [5, 5.41) is 15.8. The summed E-state index contributed by atoms with van der Waals surface area (Å²) in [6.07, 6.45) is 7.90. The van der Waals surface area contributed by atoms with Crippen molar-refractivity contribution in [1.29, 1.82) is 0 Å². The zero-order valence-corrected chi connectivity index (χ0v) is 22.8. The van der Waals surface area contributed by atoms with E-state index in [9.17, 15) is 23.9 Å². The largest absolute Gasteiger partial charge is 0.491 e. The first kappa shape index (κ1) is 29.5. The Bertz CT molecular complexity index is 1140. The molecule has 10 heteroatoms. The summed E-state index contributed by atoms with van der Waals surface area (Å²) in [5.74, 6) is -0.460. The lowest BCUT2D eigenvalue weighted by molar-refractivity contribution is -0.138. The fourth-order valence-electron chi connectivity index (χ4n) is 5.50. The highest BCUT2D eigenvalue weighted by molar-refractivity contribution is 5.82. The SMILES string of the molecule is O=C(O)CC(NC(=O)C1CCCN(C(=O)CCC2CCNCC2)C1)c1cncc(-c2ccc(OCCF)cc2)c1. The van der Waals surface area contributed by atoms with Gasteiger partial charge in [0.15, 0.2) is 0 Å². The van der Waals surface area contributed by atoms with Gasteiger partial charge in [-0.25, -0.2) is 4.39 Å². The van der Waals surface area contributed by atoms with Crippen molar-refractivity contribution >= 4 is 17.8 Å². The van der Waals surface area contributed by atoms with E-state index in [2.05, 4.69) is 15.6 Å². The Morgan fingerprint density at radius 3 is 2.62 bits per heavy atom. The topological polar surface area (TPSA) is 121 Å². The summed E-state index contributed by atoms with van der Waals surface area (Å²) >= 11 is 0. The van der Waals surface area contributed by atoms with Crippen LogP contribution in [0.3, 0.4) is 0 Å². The molecule has 2 unspecified atom stereocenters. The number of hydrogen-bond acceptors (Lipinski definition) is 6. The van der Waals surface area contributed by atoms with E-state index in [1.807, 2.05) is 18.2 Å². The maximum absolute atomic E-state index is 13.3. The molecule has 40 heavy (non-hydrogen) atoms. The van der Waals surface area contributed by atoms with Crippen LogP contribution < -0.4 is 15.4 Å². The molecular formula is C30H39FN4O5. The van der Waals surface area contributed by atoms with E-state index < -0.39 is 18.7 Å². The molecule has 2 atom stereocenters. The lowest BCUT2D eigenvalue weighted by Gasteiger charge is -2.33. The van der Waals surface area contributed by atoms with Crippen molar-refractivity contribution in [3.05, 3.63) is 48.3 Å². The molecule has 0 bridgehead atoms. The first-order valence-corrected chi connectivity index (χ1v) is 14.2. The number of nitrogens with zero attached hydrogens (tertiary/aromatic N) is 2. The second-order valence-corrected chi connectivity index (χ2v) is 10.6. The van der Waals surface area contributed by atoms with Crippen LogP contribution in [0.25, 0.3) is 11.1 Å². The summed E-state index contributed by atoms with van der Waals surface area (Å²) in [6.45, 7) is 2.42. The van der Waals surface area contributed by atoms with Crippen LogP contribution in [0.5, 0.6) is 5.75 Å². The molecule has 2 aromatic rings. The summed E-state index contributed by atoms with van der Waals surface area (Å²) in [4.78, 5) is 44.0. The number of piperidine rings is 2. The third-order valence-electron chi connectivity index (χ3n) is 7.76. The van der Waals surface area contributed by atoms with Crippen LogP contribution in [-0.4, -0.2) is 72.2 Å². The van der Waals surface area contributed by atoms with Gasteiger partial charge in [0.25, 0.3) is 0 Å². The zero-order chi connectivity index (χ0) is 28.3. The number of aliphatic carboxylic acids is 1. The van der Waals surface area contributed by atoms with Gasteiger partial charge in [-0.05, 0) is 80.4 Å². The highest BCUT2D eigenvalue weighted by atomic mass is 19.1. The number of rotatable bonds is 12. The minimum atomic E-state index is -1.04. The van der Waals surface area contributed by atoms with Gasteiger partial charge in [-0.3, -0.25) is 19.4 Å². The lowest BCUT2D eigenvalue weighted by Crippen LogP contribution is -2.46. The van der Waals surface area contributed by atoms with Crippen LogP contribution in [0.2, 0.25) is 0 Å². The monoisotopic (exact) mass is 554 g/mol. The van der Waals surface area contributed by atoms with E-state index in [-0.39, 0.29) is 30.8 Å². The highest BCUT2D eigenvalue weighted by Crippen LogP contribution is 2.27. The number of nitrogens with one attached hydrogen (secondary N) is 2. The maximum atomic E-state index is 13.3. The molecule has 2 fully saturated rings. The molecule has 2 saturated heterocycles. The number of alkyl halides is 1. The molecule has 1 aromatic carbocycles. The zero-order valence-electron chi connectivity index (χ0n) is 22.8. The summed E-state index contributed by atoms with van der Waals surface area (Å²) in [5.41, 5.74) is 2.16. The predicted octanol–water partition coefficient (Wildman–Crippen LogP) is 3.75. The van der Waals surface area contributed by atoms with Crippen molar-refractivity contribution in [3.63, 3.8) is 0 Å². The van der Waals surface area contributed by atoms with Crippen molar-refractivity contribution in [1.82, 2.24) is 20.5 Å². The number of hydrogen-bond donors (Lipinski definition) is 3. The second kappa shape index (κ2) is 14.7. The van der Waals surface area contributed by atoms with E-state index in [4.69, 9.17) is 4.74 Å². The molecule has 216 valence electrons. The Labute approximate surface area is 234 Å². The summed E-state index contributed by atoms with van der Waals surface area (Å²) in [7, 11) is 0. The number of carbonyl (C=O) groups excluding carboxylic acids is 2. The smallest absolute Gasteiger partial charge is 0.305 e. The third kappa shape index (κ3) is 8.48. The van der Waals surface area contributed by atoms with Gasteiger partial charge in [0, 0.05) is 37.5 Å². The number of amides is 2. The molecule has 3 N–H and O–H groups in total. The number of pyridine rings is 1. The number of carbonyl (C=O) groups is 3. The van der Waals surface area contributed by atoms with Crippen LogP contribution in [-0.2, 0) is 14.4 Å². The highest BCUT2D eigenvalue weighted by Gasteiger charge is 2.30. The molecule has 2 aliphatic heterocycles. The van der Waals surface area contributed by atoms with Crippen molar-refractivity contribution in [2.45, 2.75) is 51.0 Å². The number of benzene rings is 1.